The largest absolute Gasteiger partial charge is 0.460 e. The highest BCUT2D eigenvalue weighted by Gasteiger charge is 2.31. The Balaban J connectivity index is 2.07. The Kier molecular flexibility index (Phi) is 4.01. The van der Waals surface area contributed by atoms with Crippen LogP contribution in [0.4, 0.5) is 0 Å². The van der Waals surface area contributed by atoms with Gasteiger partial charge in [0.05, 0.1) is 17.3 Å². The minimum atomic E-state index is -0.423. The van der Waals surface area contributed by atoms with E-state index in [1.807, 2.05) is 0 Å². The molecule has 0 N–H and O–H groups in total. The molecule has 0 spiro atoms. The summed E-state index contributed by atoms with van der Waals surface area (Å²) in [6.07, 6.45) is 1.08. The standard InChI is InChI=1S/C12H16BrNO3/c1-8(2)14-4-6-16-10(7-14)11(15)12-9(13)3-5-17-12/h3,5,8,10H,4,6-7H2,1-2H3. The highest BCUT2D eigenvalue weighted by Crippen LogP contribution is 2.21. The second-order valence-electron chi connectivity index (χ2n) is 4.41. The Morgan fingerprint density at radius 2 is 2.35 bits per heavy atom. The highest BCUT2D eigenvalue weighted by molar-refractivity contribution is 9.10. The molecule has 1 aromatic rings. The van der Waals surface area contributed by atoms with Gasteiger partial charge >= 0.3 is 0 Å². The molecule has 1 saturated heterocycles. The molecule has 0 aliphatic carbocycles. The monoisotopic (exact) mass is 301 g/mol. The van der Waals surface area contributed by atoms with Crippen LogP contribution in [0.3, 0.4) is 0 Å². The lowest BCUT2D eigenvalue weighted by Gasteiger charge is -2.34. The van der Waals surface area contributed by atoms with Crippen molar-refractivity contribution < 1.29 is 13.9 Å². The average Bonchev–Trinajstić information content (AvgIpc) is 2.74. The smallest absolute Gasteiger partial charge is 0.229 e. The maximum Gasteiger partial charge on any atom is 0.229 e. The van der Waals surface area contributed by atoms with Crippen LogP contribution >= 0.6 is 15.9 Å². The summed E-state index contributed by atoms with van der Waals surface area (Å²) in [5, 5.41) is 0. The minimum absolute atomic E-state index is 0.0905. The van der Waals surface area contributed by atoms with Crippen LogP contribution in [0.25, 0.3) is 0 Å². The number of Topliss-reactive ketones (excluding diaryl/α,β-unsaturated/α-hetero) is 1. The molecule has 1 fully saturated rings. The van der Waals surface area contributed by atoms with E-state index in [4.69, 9.17) is 9.15 Å². The maximum absolute atomic E-state index is 12.2. The molecule has 1 unspecified atom stereocenters. The van der Waals surface area contributed by atoms with E-state index in [0.29, 0.717) is 29.4 Å². The van der Waals surface area contributed by atoms with Crippen LogP contribution in [0, 0.1) is 0 Å². The number of carbonyl (C=O) groups is 1. The first-order valence-electron chi connectivity index (χ1n) is 5.72. The second kappa shape index (κ2) is 5.33. The Labute approximate surface area is 109 Å². The molecule has 1 aliphatic heterocycles. The zero-order valence-electron chi connectivity index (χ0n) is 9.98. The first-order valence-corrected chi connectivity index (χ1v) is 6.51. The zero-order valence-corrected chi connectivity index (χ0v) is 11.6. The molecule has 0 saturated carbocycles. The quantitative estimate of drug-likeness (QED) is 0.804. The van der Waals surface area contributed by atoms with Crippen LogP contribution in [0.15, 0.2) is 21.2 Å². The SMILES string of the molecule is CC(C)N1CCOC(C(=O)c2occc2Br)C1. The van der Waals surface area contributed by atoms with Crippen LogP contribution in [0.2, 0.25) is 0 Å². The molecule has 0 amide bonds. The van der Waals surface area contributed by atoms with E-state index in [1.165, 1.54) is 6.26 Å². The van der Waals surface area contributed by atoms with E-state index in [9.17, 15) is 4.79 Å². The molecule has 0 radical (unpaired) electrons. The lowest BCUT2D eigenvalue weighted by atomic mass is 10.1. The zero-order chi connectivity index (χ0) is 12.4. The topological polar surface area (TPSA) is 42.7 Å². The van der Waals surface area contributed by atoms with Gasteiger partial charge in [0.1, 0.15) is 6.10 Å². The highest BCUT2D eigenvalue weighted by atomic mass is 79.9. The van der Waals surface area contributed by atoms with Gasteiger partial charge < -0.3 is 9.15 Å². The second-order valence-corrected chi connectivity index (χ2v) is 5.26. The normalized spacial score (nSPS) is 22.0. The third kappa shape index (κ3) is 2.78. The molecule has 0 aromatic carbocycles. The van der Waals surface area contributed by atoms with Crippen LogP contribution in [0.5, 0.6) is 0 Å². The van der Waals surface area contributed by atoms with Gasteiger partial charge in [-0.1, -0.05) is 0 Å². The molecule has 4 nitrogen and oxygen atoms in total. The molecule has 1 atom stereocenters. The van der Waals surface area contributed by atoms with Crippen molar-refractivity contribution in [1.29, 1.82) is 0 Å². The Morgan fingerprint density at radius 1 is 1.59 bits per heavy atom. The summed E-state index contributed by atoms with van der Waals surface area (Å²) in [6.45, 7) is 6.34. The number of ketones is 1. The minimum Gasteiger partial charge on any atom is -0.460 e. The Morgan fingerprint density at radius 3 is 2.94 bits per heavy atom. The predicted octanol–water partition coefficient (Wildman–Crippen LogP) is 2.33. The van der Waals surface area contributed by atoms with E-state index in [1.54, 1.807) is 6.07 Å². The summed E-state index contributed by atoms with van der Waals surface area (Å²) in [6, 6.07) is 2.14. The van der Waals surface area contributed by atoms with Gasteiger partial charge in [-0.25, -0.2) is 0 Å². The van der Waals surface area contributed by atoms with Crippen molar-refractivity contribution in [3.05, 3.63) is 22.6 Å². The van der Waals surface area contributed by atoms with E-state index >= 15 is 0 Å². The van der Waals surface area contributed by atoms with Crippen molar-refractivity contribution in [3.8, 4) is 0 Å². The summed E-state index contributed by atoms with van der Waals surface area (Å²) >= 11 is 3.29. The molecular formula is C12H16BrNO3. The Bertz CT molecular complexity index is 402. The van der Waals surface area contributed by atoms with Crippen molar-refractivity contribution in [2.24, 2.45) is 0 Å². The van der Waals surface area contributed by atoms with Gasteiger partial charge in [0.15, 0.2) is 5.76 Å². The van der Waals surface area contributed by atoms with E-state index in [-0.39, 0.29) is 5.78 Å². The van der Waals surface area contributed by atoms with Crippen LogP contribution in [-0.2, 0) is 4.74 Å². The molecular weight excluding hydrogens is 286 g/mol. The lowest BCUT2D eigenvalue weighted by Crippen LogP contribution is -2.48. The van der Waals surface area contributed by atoms with Crippen molar-refractivity contribution >= 4 is 21.7 Å². The first kappa shape index (κ1) is 12.8. The van der Waals surface area contributed by atoms with E-state index < -0.39 is 6.10 Å². The van der Waals surface area contributed by atoms with Gasteiger partial charge in [-0.3, -0.25) is 9.69 Å². The van der Waals surface area contributed by atoms with Gasteiger partial charge in [0, 0.05) is 19.1 Å². The number of carbonyl (C=O) groups excluding carboxylic acids is 1. The van der Waals surface area contributed by atoms with Gasteiger partial charge in [0.25, 0.3) is 0 Å². The molecule has 2 rings (SSSR count). The van der Waals surface area contributed by atoms with Crippen LogP contribution in [-0.4, -0.2) is 42.5 Å². The van der Waals surface area contributed by atoms with Gasteiger partial charge in [-0.2, -0.15) is 0 Å². The number of hydrogen-bond donors (Lipinski definition) is 0. The molecule has 94 valence electrons. The number of ether oxygens (including phenoxy) is 1. The summed E-state index contributed by atoms with van der Waals surface area (Å²) in [7, 11) is 0. The van der Waals surface area contributed by atoms with E-state index in [0.717, 1.165) is 6.54 Å². The average molecular weight is 302 g/mol. The number of furan rings is 1. The maximum atomic E-state index is 12.2. The third-order valence-electron chi connectivity index (χ3n) is 2.96. The van der Waals surface area contributed by atoms with Gasteiger partial charge in [-0.15, -0.1) is 0 Å². The molecule has 1 aromatic heterocycles. The summed E-state index contributed by atoms with van der Waals surface area (Å²) in [4.78, 5) is 14.4. The predicted molar refractivity (Wildman–Crippen MR) is 67.2 cm³/mol. The fourth-order valence-electron chi connectivity index (χ4n) is 1.91. The molecule has 0 bridgehead atoms. The van der Waals surface area contributed by atoms with Crippen LogP contribution < -0.4 is 0 Å². The summed E-state index contributed by atoms with van der Waals surface area (Å²) in [5.74, 6) is 0.257. The Hall–Kier alpha value is -0.650. The van der Waals surface area contributed by atoms with Crippen LogP contribution in [0.1, 0.15) is 24.4 Å². The number of hydrogen-bond acceptors (Lipinski definition) is 4. The summed E-state index contributed by atoms with van der Waals surface area (Å²) < 4.78 is 11.4. The van der Waals surface area contributed by atoms with Crippen molar-refractivity contribution in [2.45, 2.75) is 26.0 Å². The third-order valence-corrected chi connectivity index (χ3v) is 3.59. The fourth-order valence-corrected chi connectivity index (χ4v) is 2.31. The number of morpholine rings is 1. The number of nitrogens with zero attached hydrogens (tertiary/aromatic N) is 1. The molecule has 5 heteroatoms. The fraction of sp³-hybridized carbons (Fsp3) is 0.583. The van der Waals surface area contributed by atoms with E-state index in [2.05, 4.69) is 34.7 Å². The summed E-state index contributed by atoms with van der Waals surface area (Å²) in [5.41, 5.74) is 0. The lowest BCUT2D eigenvalue weighted by molar-refractivity contribution is -0.0267. The first-order chi connectivity index (χ1) is 8.09. The van der Waals surface area contributed by atoms with Gasteiger partial charge in [-0.05, 0) is 35.8 Å². The van der Waals surface area contributed by atoms with Gasteiger partial charge in [0.2, 0.25) is 5.78 Å². The molecule has 1 aliphatic rings. The van der Waals surface area contributed by atoms with Crippen molar-refractivity contribution in [1.82, 2.24) is 4.90 Å². The van der Waals surface area contributed by atoms with Crippen molar-refractivity contribution in [3.63, 3.8) is 0 Å². The number of rotatable bonds is 3. The molecule has 17 heavy (non-hydrogen) atoms. The number of halogens is 1. The van der Waals surface area contributed by atoms with Crippen molar-refractivity contribution in [2.75, 3.05) is 19.7 Å². The molecule has 2 heterocycles.